The minimum absolute atomic E-state index is 0.0420. The summed E-state index contributed by atoms with van der Waals surface area (Å²) in [6.45, 7) is 3.57. The zero-order chi connectivity index (χ0) is 12.0. The van der Waals surface area contributed by atoms with Crippen LogP contribution < -0.4 is 10.0 Å². The highest BCUT2D eigenvalue weighted by Crippen LogP contribution is 2.09. The van der Waals surface area contributed by atoms with Crippen LogP contribution in [0.25, 0.3) is 0 Å². The number of carbonyl (C=O) groups is 1. The van der Waals surface area contributed by atoms with Crippen molar-refractivity contribution >= 4 is 17.6 Å². The van der Waals surface area contributed by atoms with Crippen LogP contribution in [0.5, 0.6) is 0 Å². The molecular formula is C12H16ClNO2. The van der Waals surface area contributed by atoms with Crippen molar-refractivity contribution < 1.29 is 14.8 Å². The second-order valence-corrected chi connectivity index (χ2v) is 4.29. The Kier molecular flexibility index (Phi) is 5.29. The quantitative estimate of drug-likeness (QED) is 0.755. The zero-order valence-corrected chi connectivity index (χ0v) is 10.1. The van der Waals surface area contributed by atoms with Gasteiger partial charge in [-0.15, -0.1) is 0 Å². The van der Waals surface area contributed by atoms with Crippen LogP contribution in [0.3, 0.4) is 0 Å². The lowest BCUT2D eigenvalue weighted by Gasteiger charge is -2.19. The first kappa shape index (κ1) is 13.0. The number of quaternary nitrogens is 1. The van der Waals surface area contributed by atoms with Gasteiger partial charge >= 0.3 is 0 Å². The number of hydrogen-bond donors (Lipinski definition) is 1. The summed E-state index contributed by atoms with van der Waals surface area (Å²) >= 11 is 5.87. The van der Waals surface area contributed by atoms with Gasteiger partial charge in [0.25, 0.3) is 0 Å². The molecule has 0 bridgehead atoms. The molecule has 0 aliphatic heterocycles. The smallest absolute Gasteiger partial charge is 0.118 e. The van der Waals surface area contributed by atoms with Crippen LogP contribution >= 0.6 is 11.6 Å². The van der Waals surface area contributed by atoms with Gasteiger partial charge < -0.3 is 14.8 Å². The molecule has 0 saturated carbocycles. The Morgan fingerprint density at radius 1 is 1.50 bits per heavy atom. The van der Waals surface area contributed by atoms with Gasteiger partial charge in [0, 0.05) is 10.6 Å². The first-order chi connectivity index (χ1) is 7.61. The molecule has 16 heavy (non-hydrogen) atoms. The van der Waals surface area contributed by atoms with Gasteiger partial charge in [-0.2, -0.15) is 0 Å². The second kappa shape index (κ2) is 6.51. The predicted molar refractivity (Wildman–Crippen MR) is 61.2 cm³/mol. The summed E-state index contributed by atoms with van der Waals surface area (Å²) in [4.78, 5) is 11.6. The van der Waals surface area contributed by atoms with E-state index < -0.39 is 5.97 Å². The van der Waals surface area contributed by atoms with Gasteiger partial charge in [0.2, 0.25) is 0 Å². The van der Waals surface area contributed by atoms with Crippen LogP contribution in [0.15, 0.2) is 24.3 Å². The monoisotopic (exact) mass is 241 g/mol. The standard InChI is InChI=1S/C12H16ClNO2/c1-2-6-14(9-12(15)16)8-10-4-3-5-11(13)7-10/h3-5,7H,2,6,8-9H2,1H3,(H,15,16). The molecule has 1 rings (SSSR count). The number of carboxylic acid groups (broad SMARTS) is 1. The van der Waals surface area contributed by atoms with Crippen molar-refractivity contribution in [3.05, 3.63) is 34.9 Å². The molecule has 88 valence electrons. The van der Waals surface area contributed by atoms with Crippen LogP contribution in [0.2, 0.25) is 5.02 Å². The molecule has 0 saturated heterocycles. The number of nitrogens with one attached hydrogen (secondary N) is 1. The van der Waals surface area contributed by atoms with E-state index >= 15 is 0 Å². The van der Waals surface area contributed by atoms with Gasteiger partial charge in [-0.25, -0.2) is 0 Å². The number of aliphatic carboxylic acids is 1. The van der Waals surface area contributed by atoms with Crippen molar-refractivity contribution in [2.24, 2.45) is 0 Å². The second-order valence-electron chi connectivity index (χ2n) is 3.86. The average Bonchev–Trinajstić information content (AvgIpc) is 2.16. The van der Waals surface area contributed by atoms with E-state index in [9.17, 15) is 9.90 Å². The molecule has 1 unspecified atom stereocenters. The molecule has 1 N–H and O–H groups in total. The molecule has 3 nitrogen and oxygen atoms in total. The molecular weight excluding hydrogens is 226 g/mol. The fraction of sp³-hybridized carbons (Fsp3) is 0.417. The maximum Gasteiger partial charge on any atom is 0.118 e. The lowest BCUT2D eigenvalue weighted by atomic mass is 10.2. The van der Waals surface area contributed by atoms with Gasteiger partial charge in [-0.1, -0.05) is 30.7 Å². The molecule has 0 fully saturated rings. The lowest BCUT2D eigenvalue weighted by molar-refractivity contribution is -0.908. The molecule has 1 atom stereocenters. The third-order valence-corrected chi connectivity index (χ3v) is 2.58. The summed E-state index contributed by atoms with van der Waals surface area (Å²) in [5.74, 6) is -1.01. The van der Waals surface area contributed by atoms with Crippen molar-refractivity contribution in [2.45, 2.75) is 19.9 Å². The number of rotatable bonds is 6. The summed E-state index contributed by atoms with van der Waals surface area (Å²) in [6.07, 6.45) is 0.948. The Labute approximate surface area is 101 Å². The minimum Gasteiger partial charge on any atom is -0.544 e. The van der Waals surface area contributed by atoms with Crippen LogP contribution in [0, 0.1) is 0 Å². The summed E-state index contributed by atoms with van der Waals surface area (Å²) in [5.41, 5.74) is 1.05. The molecule has 0 amide bonds. The van der Waals surface area contributed by atoms with Crippen LogP contribution in [-0.4, -0.2) is 19.1 Å². The molecule has 1 aromatic carbocycles. The van der Waals surface area contributed by atoms with E-state index in [-0.39, 0.29) is 6.54 Å². The van der Waals surface area contributed by atoms with Gasteiger partial charge in [-0.3, -0.25) is 0 Å². The van der Waals surface area contributed by atoms with Gasteiger partial charge in [0.15, 0.2) is 0 Å². The first-order valence-electron chi connectivity index (χ1n) is 5.39. The van der Waals surface area contributed by atoms with E-state index in [1.807, 2.05) is 31.2 Å². The Morgan fingerprint density at radius 3 is 2.81 bits per heavy atom. The Balaban J connectivity index is 2.63. The van der Waals surface area contributed by atoms with Gasteiger partial charge in [0.1, 0.15) is 13.1 Å². The molecule has 0 aliphatic rings. The van der Waals surface area contributed by atoms with Crippen LogP contribution in [0.1, 0.15) is 18.9 Å². The summed E-state index contributed by atoms with van der Waals surface area (Å²) in [5, 5.41) is 11.3. The van der Waals surface area contributed by atoms with Crippen molar-refractivity contribution in [1.82, 2.24) is 0 Å². The number of carboxylic acids is 1. The number of hydrogen-bond acceptors (Lipinski definition) is 2. The topological polar surface area (TPSA) is 44.6 Å². The van der Waals surface area contributed by atoms with Gasteiger partial charge in [0.05, 0.1) is 12.5 Å². The number of carbonyl (C=O) groups excluding carboxylic acids is 1. The predicted octanol–water partition coefficient (Wildman–Crippen LogP) is -0.115. The van der Waals surface area contributed by atoms with Crippen LogP contribution in [0.4, 0.5) is 0 Å². The summed E-state index contributed by atoms with van der Waals surface area (Å²) in [7, 11) is 0. The van der Waals surface area contributed by atoms with E-state index in [1.165, 1.54) is 0 Å². The highest BCUT2D eigenvalue weighted by Gasteiger charge is 2.08. The van der Waals surface area contributed by atoms with Crippen molar-refractivity contribution in [3.8, 4) is 0 Å². The van der Waals surface area contributed by atoms with Crippen molar-refractivity contribution in [1.29, 1.82) is 0 Å². The maximum atomic E-state index is 10.6. The molecule has 4 heteroatoms. The number of halogens is 1. The molecule has 0 aliphatic carbocycles. The van der Waals surface area contributed by atoms with E-state index in [0.717, 1.165) is 23.4 Å². The minimum atomic E-state index is -1.01. The average molecular weight is 242 g/mol. The normalized spacial score (nSPS) is 12.4. The fourth-order valence-corrected chi connectivity index (χ4v) is 1.95. The summed E-state index contributed by atoms with van der Waals surface area (Å²) < 4.78 is 0. The lowest BCUT2D eigenvalue weighted by Crippen LogP contribution is -3.12. The van der Waals surface area contributed by atoms with E-state index in [2.05, 4.69) is 0 Å². The largest absolute Gasteiger partial charge is 0.544 e. The fourth-order valence-electron chi connectivity index (χ4n) is 1.73. The molecule has 0 radical (unpaired) electrons. The van der Waals surface area contributed by atoms with Crippen LogP contribution in [-0.2, 0) is 11.3 Å². The van der Waals surface area contributed by atoms with Crippen molar-refractivity contribution in [3.63, 3.8) is 0 Å². The van der Waals surface area contributed by atoms with Crippen molar-refractivity contribution in [2.75, 3.05) is 13.1 Å². The number of benzene rings is 1. The molecule has 1 aromatic rings. The Morgan fingerprint density at radius 2 is 2.25 bits per heavy atom. The highest BCUT2D eigenvalue weighted by atomic mass is 35.5. The van der Waals surface area contributed by atoms with E-state index in [0.29, 0.717) is 11.6 Å². The molecule has 0 heterocycles. The highest BCUT2D eigenvalue weighted by molar-refractivity contribution is 6.30. The molecule has 0 aromatic heterocycles. The molecule has 0 spiro atoms. The van der Waals surface area contributed by atoms with E-state index in [4.69, 9.17) is 11.6 Å². The Bertz CT molecular complexity index is 355. The first-order valence-corrected chi connectivity index (χ1v) is 5.77. The third-order valence-electron chi connectivity index (χ3n) is 2.34. The van der Waals surface area contributed by atoms with E-state index in [1.54, 1.807) is 0 Å². The third kappa shape index (κ3) is 4.64. The SMILES string of the molecule is CCC[NH+](CC(=O)[O-])Cc1cccc(Cl)c1. The Hall–Kier alpha value is -1.06. The van der Waals surface area contributed by atoms with Gasteiger partial charge in [-0.05, 0) is 18.6 Å². The summed E-state index contributed by atoms with van der Waals surface area (Å²) in [6, 6.07) is 7.51. The maximum absolute atomic E-state index is 10.6. The zero-order valence-electron chi connectivity index (χ0n) is 9.33.